The fourth-order valence-corrected chi connectivity index (χ4v) is 3.43. The molecule has 0 radical (unpaired) electrons. The van der Waals surface area contributed by atoms with Crippen LogP contribution in [-0.2, 0) is 6.42 Å². The van der Waals surface area contributed by atoms with Gasteiger partial charge in [-0.2, -0.15) is 5.26 Å². The Kier molecular flexibility index (Phi) is 7.39. The zero-order valence-electron chi connectivity index (χ0n) is 18.9. The van der Waals surface area contributed by atoms with Gasteiger partial charge in [0.05, 0.1) is 11.6 Å². The highest BCUT2D eigenvalue weighted by Gasteiger charge is 1.98. The average Bonchev–Trinajstić information content (AvgIpc) is 2.91. The van der Waals surface area contributed by atoms with Crippen molar-refractivity contribution in [1.29, 1.82) is 5.26 Å². The lowest BCUT2D eigenvalue weighted by atomic mass is 10.0. The van der Waals surface area contributed by atoms with Crippen molar-refractivity contribution in [2.24, 2.45) is 0 Å². The van der Waals surface area contributed by atoms with Gasteiger partial charge in [-0.15, -0.1) is 6.58 Å². The second-order valence-electron chi connectivity index (χ2n) is 7.87. The quantitative estimate of drug-likeness (QED) is 0.248. The number of hydrogen-bond donors (Lipinski definition) is 0. The summed E-state index contributed by atoms with van der Waals surface area (Å²) in [6.45, 7) is 3.77. The zero-order valence-corrected chi connectivity index (χ0v) is 18.9. The summed E-state index contributed by atoms with van der Waals surface area (Å²) in [4.78, 5) is 0. The Balaban J connectivity index is 1.40. The van der Waals surface area contributed by atoms with Gasteiger partial charge in [0.25, 0.3) is 0 Å². The molecule has 160 valence electrons. The van der Waals surface area contributed by atoms with Gasteiger partial charge in [-0.1, -0.05) is 66.2 Å². The summed E-state index contributed by atoms with van der Waals surface area (Å²) in [6.07, 6.45) is 3.95. The minimum absolute atomic E-state index is 0.639. The second-order valence-corrected chi connectivity index (χ2v) is 7.87. The highest BCUT2D eigenvalue weighted by atomic mass is 14.2. The maximum atomic E-state index is 8.88. The van der Waals surface area contributed by atoms with E-state index in [0.717, 1.165) is 46.2 Å². The van der Waals surface area contributed by atoms with Gasteiger partial charge in [-0.3, -0.25) is 0 Å². The van der Waals surface area contributed by atoms with Crippen molar-refractivity contribution in [2.45, 2.75) is 12.8 Å². The Morgan fingerprint density at radius 2 is 0.882 bits per heavy atom. The van der Waals surface area contributed by atoms with Crippen molar-refractivity contribution in [3.05, 3.63) is 143 Å². The van der Waals surface area contributed by atoms with Crippen LogP contribution < -0.4 is 0 Å². The largest absolute Gasteiger partial charge is 0.192 e. The van der Waals surface area contributed by atoms with Crippen molar-refractivity contribution in [3.8, 4) is 40.9 Å². The SMILES string of the molecule is C=CCCc1ccc(C#Cc2ccc(-c3ccc(C#Cc4ccc(C#N)cc4)cc3)cc2)cc1. The van der Waals surface area contributed by atoms with Crippen LogP contribution in [0.25, 0.3) is 11.1 Å². The topological polar surface area (TPSA) is 23.8 Å². The Labute approximate surface area is 202 Å². The van der Waals surface area contributed by atoms with Crippen LogP contribution in [0.2, 0.25) is 0 Å². The van der Waals surface area contributed by atoms with Crippen molar-refractivity contribution in [3.63, 3.8) is 0 Å². The summed E-state index contributed by atoms with van der Waals surface area (Å²) in [5.41, 5.74) is 8.08. The van der Waals surface area contributed by atoms with Gasteiger partial charge >= 0.3 is 0 Å². The van der Waals surface area contributed by atoms with Crippen LogP contribution in [0.15, 0.2) is 110 Å². The summed E-state index contributed by atoms with van der Waals surface area (Å²) < 4.78 is 0. The van der Waals surface area contributed by atoms with E-state index in [4.69, 9.17) is 5.26 Å². The van der Waals surface area contributed by atoms with E-state index in [1.165, 1.54) is 5.56 Å². The second kappa shape index (κ2) is 11.2. The number of allylic oxidation sites excluding steroid dienone is 1. The fraction of sp³-hybridized carbons (Fsp3) is 0.0606. The zero-order chi connectivity index (χ0) is 23.6. The fourth-order valence-electron chi connectivity index (χ4n) is 3.43. The molecule has 0 spiro atoms. The predicted octanol–water partition coefficient (Wildman–Crippen LogP) is 7.14. The summed E-state index contributed by atoms with van der Waals surface area (Å²) in [6, 6.07) is 34.3. The third-order valence-corrected chi connectivity index (χ3v) is 5.41. The number of nitrogens with zero attached hydrogens (tertiary/aromatic N) is 1. The van der Waals surface area contributed by atoms with Gasteiger partial charge in [0, 0.05) is 22.3 Å². The standard InChI is InChI=1S/C33H23N/c1-2-3-4-26-5-7-27(8-6-26)9-11-29-17-21-32(22-18-29)33-23-19-30(20-24-33)12-10-28-13-15-31(25-34)16-14-28/h2,5-8,13-24H,1,3-4H2. The van der Waals surface area contributed by atoms with E-state index in [0.29, 0.717) is 5.56 Å². The molecule has 0 heterocycles. The highest BCUT2D eigenvalue weighted by Crippen LogP contribution is 2.20. The van der Waals surface area contributed by atoms with E-state index in [1.54, 1.807) is 12.1 Å². The molecule has 0 saturated heterocycles. The number of aryl methyl sites for hydroxylation is 1. The van der Waals surface area contributed by atoms with Crippen LogP contribution >= 0.6 is 0 Å². The van der Waals surface area contributed by atoms with Crippen molar-refractivity contribution < 1.29 is 0 Å². The summed E-state index contributed by atoms with van der Waals surface area (Å²) >= 11 is 0. The van der Waals surface area contributed by atoms with Crippen molar-refractivity contribution >= 4 is 0 Å². The monoisotopic (exact) mass is 433 g/mol. The lowest BCUT2D eigenvalue weighted by Crippen LogP contribution is -1.84. The van der Waals surface area contributed by atoms with Gasteiger partial charge in [0.1, 0.15) is 0 Å². The average molecular weight is 434 g/mol. The van der Waals surface area contributed by atoms with E-state index in [-0.39, 0.29) is 0 Å². The molecule has 0 aliphatic heterocycles. The third-order valence-electron chi connectivity index (χ3n) is 5.41. The van der Waals surface area contributed by atoms with Gasteiger partial charge in [-0.05, 0) is 90.2 Å². The van der Waals surface area contributed by atoms with E-state index in [1.807, 2.05) is 30.3 Å². The number of hydrogen-bond acceptors (Lipinski definition) is 1. The first kappa shape index (κ1) is 22.4. The van der Waals surface area contributed by atoms with E-state index in [9.17, 15) is 0 Å². The molecule has 34 heavy (non-hydrogen) atoms. The molecule has 0 fully saturated rings. The first-order valence-electron chi connectivity index (χ1n) is 11.2. The van der Waals surface area contributed by atoms with Crippen LogP contribution in [0.5, 0.6) is 0 Å². The molecule has 4 aromatic rings. The lowest BCUT2D eigenvalue weighted by molar-refractivity contribution is 1.00. The van der Waals surface area contributed by atoms with Gasteiger partial charge in [0.15, 0.2) is 0 Å². The molecular formula is C33H23N. The number of benzene rings is 4. The third kappa shape index (κ3) is 6.14. The predicted molar refractivity (Wildman–Crippen MR) is 140 cm³/mol. The molecule has 0 unspecified atom stereocenters. The number of rotatable bonds is 4. The summed E-state index contributed by atoms with van der Waals surface area (Å²) in [5, 5.41) is 8.88. The normalized spacial score (nSPS) is 9.62. The van der Waals surface area contributed by atoms with Crippen LogP contribution in [0.1, 0.15) is 39.8 Å². The molecule has 0 N–H and O–H groups in total. The minimum atomic E-state index is 0.639. The maximum Gasteiger partial charge on any atom is 0.0991 e. The highest BCUT2D eigenvalue weighted by molar-refractivity contribution is 5.65. The molecule has 0 aliphatic rings. The summed E-state index contributed by atoms with van der Waals surface area (Å²) in [5.74, 6) is 12.8. The molecule has 0 bridgehead atoms. The molecule has 4 aromatic carbocycles. The first-order chi connectivity index (χ1) is 16.7. The molecule has 0 saturated carbocycles. The van der Waals surface area contributed by atoms with Crippen LogP contribution in [0.4, 0.5) is 0 Å². The molecule has 1 nitrogen and oxygen atoms in total. The molecule has 1 heteroatoms. The van der Waals surface area contributed by atoms with Crippen LogP contribution in [0.3, 0.4) is 0 Å². The van der Waals surface area contributed by atoms with Gasteiger partial charge in [-0.25, -0.2) is 0 Å². The van der Waals surface area contributed by atoms with Crippen molar-refractivity contribution in [1.82, 2.24) is 0 Å². The van der Waals surface area contributed by atoms with Gasteiger partial charge in [0.2, 0.25) is 0 Å². The molecular weight excluding hydrogens is 410 g/mol. The molecule has 4 rings (SSSR count). The van der Waals surface area contributed by atoms with E-state index < -0.39 is 0 Å². The minimum Gasteiger partial charge on any atom is -0.192 e. The number of nitriles is 1. The Morgan fingerprint density at radius 1 is 0.529 bits per heavy atom. The molecule has 0 aromatic heterocycles. The Hall–Kier alpha value is -4.77. The van der Waals surface area contributed by atoms with Crippen LogP contribution in [-0.4, -0.2) is 0 Å². The van der Waals surface area contributed by atoms with Crippen molar-refractivity contribution in [2.75, 3.05) is 0 Å². The molecule has 0 aliphatic carbocycles. The van der Waals surface area contributed by atoms with E-state index >= 15 is 0 Å². The molecule has 0 amide bonds. The van der Waals surface area contributed by atoms with Crippen LogP contribution in [0, 0.1) is 35.0 Å². The lowest BCUT2D eigenvalue weighted by Gasteiger charge is -2.02. The maximum absolute atomic E-state index is 8.88. The summed E-state index contributed by atoms with van der Waals surface area (Å²) in [7, 11) is 0. The Bertz CT molecular complexity index is 1420. The smallest absolute Gasteiger partial charge is 0.0991 e. The first-order valence-corrected chi connectivity index (χ1v) is 11.2. The van der Waals surface area contributed by atoms with Gasteiger partial charge < -0.3 is 0 Å². The Morgan fingerprint density at radius 3 is 1.26 bits per heavy atom. The van der Waals surface area contributed by atoms with E-state index in [2.05, 4.69) is 97.0 Å². The molecule has 0 atom stereocenters.